The molecule has 1 aliphatic rings. The molecule has 4 atom stereocenters. The normalized spacial score (nSPS) is 26.6. The number of halogens is 1. The van der Waals surface area contributed by atoms with Crippen LogP contribution >= 0.6 is 0 Å². The maximum atomic E-state index is 14.5. The maximum Gasteiger partial charge on any atom is 0.330 e. The molecule has 134 valence electrons. The zero-order chi connectivity index (χ0) is 17.7. The smallest absolute Gasteiger partial charge is 0.330 e. The Morgan fingerprint density at radius 3 is 2.71 bits per heavy atom. The summed E-state index contributed by atoms with van der Waals surface area (Å²) in [7, 11) is 0. The lowest BCUT2D eigenvalue weighted by Crippen LogP contribution is -2.36. The minimum atomic E-state index is -1.29. The van der Waals surface area contributed by atoms with Crippen LogP contribution < -0.4 is 11.2 Å². The van der Waals surface area contributed by atoms with Crippen molar-refractivity contribution in [2.45, 2.75) is 70.9 Å². The molecule has 0 aromatic carbocycles. The van der Waals surface area contributed by atoms with Gasteiger partial charge in [0.25, 0.3) is 5.56 Å². The number of hydrogen-bond donors (Lipinski definition) is 1. The number of hydrogen-bond acceptors (Lipinski definition) is 4. The van der Waals surface area contributed by atoms with E-state index in [4.69, 9.17) is 4.74 Å². The molecule has 0 bridgehead atoms. The zero-order valence-electron chi connectivity index (χ0n) is 14.2. The van der Waals surface area contributed by atoms with E-state index in [1.54, 1.807) is 6.92 Å². The van der Waals surface area contributed by atoms with Crippen molar-refractivity contribution in [3.63, 3.8) is 0 Å². The first kappa shape index (κ1) is 18.6. The van der Waals surface area contributed by atoms with Gasteiger partial charge < -0.3 is 9.53 Å². The summed E-state index contributed by atoms with van der Waals surface area (Å²) in [5, 5.41) is 0. The molecule has 1 aliphatic heterocycles. The molecule has 24 heavy (non-hydrogen) atoms. The second-order valence-corrected chi connectivity index (χ2v) is 6.36. The molecule has 0 saturated carbocycles. The molecule has 1 fully saturated rings. The van der Waals surface area contributed by atoms with Gasteiger partial charge in [0.15, 0.2) is 12.4 Å². The van der Waals surface area contributed by atoms with Crippen molar-refractivity contribution in [2.24, 2.45) is 5.92 Å². The second-order valence-electron chi connectivity index (χ2n) is 6.36. The average molecular weight is 340 g/mol. The van der Waals surface area contributed by atoms with Crippen molar-refractivity contribution < 1.29 is 13.9 Å². The molecular weight excluding hydrogens is 315 g/mol. The largest absolute Gasteiger partial charge is 0.351 e. The number of rotatable bonds is 8. The lowest BCUT2D eigenvalue weighted by atomic mass is 10.00. The monoisotopic (exact) mass is 340 g/mol. The number of aryl methyl sites for hydroxylation is 1. The summed E-state index contributed by atoms with van der Waals surface area (Å²) in [6.45, 7) is 3.68. The highest BCUT2D eigenvalue weighted by atomic mass is 19.1. The lowest BCUT2D eigenvalue weighted by Gasteiger charge is -2.17. The van der Waals surface area contributed by atoms with E-state index in [0.29, 0.717) is 24.8 Å². The second kappa shape index (κ2) is 8.37. The summed E-state index contributed by atoms with van der Waals surface area (Å²) in [6.07, 6.45) is 3.73. The fourth-order valence-electron chi connectivity index (χ4n) is 3.14. The van der Waals surface area contributed by atoms with Gasteiger partial charge in [-0.05, 0) is 25.7 Å². The van der Waals surface area contributed by atoms with E-state index >= 15 is 0 Å². The number of ether oxygens (including phenoxy) is 1. The molecule has 0 aliphatic carbocycles. The van der Waals surface area contributed by atoms with Crippen LogP contribution in [-0.2, 0) is 16.0 Å². The van der Waals surface area contributed by atoms with Gasteiger partial charge >= 0.3 is 5.69 Å². The number of nitrogens with zero attached hydrogens (tertiary/aromatic N) is 1. The summed E-state index contributed by atoms with van der Waals surface area (Å²) in [5.41, 5.74) is -0.662. The maximum absolute atomic E-state index is 14.5. The molecule has 6 nitrogen and oxygen atoms in total. The zero-order valence-corrected chi connectivity index (χ0v) is 14.2. The van der Waals surface area contributed by atoms with E-state index < -0.39 is 23.6 Å². The van der Waals surface area contributed by atoms with E-state index in [0.717, 1.165) is 25.5 Å². The van der Waals surface area contributed by atoms with Crippen LogP contribution in [0.15, 0.2) is 15.8 Å². The number of alkyl halides is 1. The van der Waals surface area contributed by atoms with Gasteiger partial charge in [-0.25, -0.2) is 9.18 Å². The number of nitrogens with one attached hydrogen (secondary N) is 1. The number of carbonyl (C=O) groups is 1. The molecule has 1 saturated heterocycles. The van der Waals surface area contributed by atoms with Crippen LogP contribution in [0.1, 0.15) is 57.7 Å². The molecule has 0 amide bonds. The van der Waals surface area contributed by atoms with E-state index in [1.807, 2.05) is 6.92 Å². The Balaban J connectivity index is 2.16. The van der Waals surface area contributed by atoms with Crippen LogP contribution in [-0.4, -0.2) is 28.1 Å². The van der Waals surface area contributed by atoms with E-state index in [1.165, 1.54) is 10.8 Å². The quantitative estimate of drug-likeness (QED) is 0.580. The Hall–Kier alpha value is -1.76. The fraction of sp³-hybridized carbons (Fsp3) is 0.706. The van der Waals surface area contributed by atoms with Gasteiger partial charge in [-0.2, -0.15) is 0 Å². The van der Waals surface area contributed by atoms with Crippen molar-refractivity contribution in [1.29, 1.82) is 0 Å². The fourth-order valence-corrected chi connectivity index (χ4v) is 3.14. The van der Waals surface area contributed by atoms with Gasteiger partial charge in [-0.1, -0.05) is 20.3 Å². The molecule has 0 radical (unpaired) electrons. The number of aldehydes is 1. The third kappa shape index (κ3) is 4.01. The first-order valence-electron chi connectivity index (χ1n) is 8.57. The minimum Gasteiger partial charge on any atom is -0.351 e. The highest BCUT2D eigenvalue weighted by molar-refractivity contribution is 5.48. The first-order valence-corrected chi connectivity index (χ1v) is 8.57. The highest BCUT2D eigenvalue weighted by Crippen LogP contribution is 2.36. The number of aromatic nitrogens is 2. The molecule has 1 aromatic heterocycles. The Bertz CT molecular complexity index is 669. The molecule has 1 N–H and O–H groups in total. The van der Waals surface area contributed by atoms with Crippen LogP contribution in [0, 0.1) is 5.92 Å². The van der Waals surface area contributed by atoms with Crippen LogP contribution in [0.2, 0.25) is 0 Å². The highest BCUT2D eigenvalue weighted by Gasteiger charge is 2.42. The Morgan fingerprint density at radius 2 is 2.08 bits per heavy atom. The molecule has 2 heterocycles. The van der Waals surface area contributed by atoms with E-state index in [2.05, 4.69) is 4.98 Å². The number of H-pyrrole nitrogens is 1. The summed E-state index contributed by atoms with van der Waals surface area (Å²) in [5.74, 6) is -0.300. The standard InChI is InChI=1S/C17H25FN2O4/c1-3-13-11(2)14(18)16(24-13)20-10-12(15(22)19-17(20)23)8-6-4-5-7-9-21/h9-11,13-14,16H,3-8H2,1-2H3,(H,19,22,23). The van der Waals surface area contributed by atoms with Crippen LogP contribution in [0.25, 0.3) is 0 Å². The molecule has 4 unspecified atom stereocenters. The summed E-state index contributed by atoms with van der Waals surface area (Å²) in [4.78, 5) is 36.5. The Kier molecular flexibility index (Phi) is 6.48. The lowest BCUT2D eigenvalue weighted by molar-refractivity contribution is -0.107. The van der Waals surface area contributed by atoms with E-state index in [-0.39, 0.29) is 12.0 Å². The SMILES string of the molecule is CCC1OC(n2cc(CCCCCC=O)c(=O)[nH]c2=O)C(F)C1C. The van der Waals surface area contributed by atoms with Crippen LogP contribution in [0.5, 0.6) is 0 Å². The Morgan fingerprint density at radius 1 is 1.33 bits per heavy atom. The van der Waals surface area contributed by atoms with Crippen molar-refractivity contribution in [2.75, 3.05) is 0 Å². The molecule has 1 aromatic rings. The van der Waals surface area contributed by atoms with Gasteiger partial charge in [0.2, 0.25) is 0 Å². The number of aromatic amines is 1. The van der Waals surface area contributed by atoms with Gasteiger partial charge in [0, 0.05) is 24.1 Å². The predicted octanol–water partition coefficient (Wildman–Crippen LogP) is 2.12. The Labute approximate surface area is 140 Å². The third-order valence-corrected chi connectivity index (χ3v) is 4.66. The molecule has 2 rings (SSSR count). The van der Waals surface area contributed by atoms with Gasteiger partial charge in [-0.3, -0.25) is 14.3 Å². The van der Waals surface area contributed by atoms with Crippen LogP contribution in [0.3, 0.4) is 0 Å². The van der Waals surface area contributed by atoms with Crippen molar-refractivity contribution in [1.82, 2.24) is 9.55 Å². The summed E-state index contributed by atoms with van der Waals surface area (Å²) >= 11 is 0. The minimum absolute atomic E-state index is 0.240. The predicted molar refractivity (Wildman–Crippen MR) is 87.8 cm³/mol. The topological polar surface area (TPSA) is 81.2 Å². The molecule has 0 spiro atoms. The average Bonchev–Trinajstić information content (AvgIpc) is 2.84. The number of unbranched alkanes of at least 4 members (excludes halogenated alkanes) is 3. The van der Waals surface area contributed by atoms with Crippen LogP contribution in [0.4, 0.5) is 4.39 Å². The summed E-state index contributed by atoms with van der Waals surface area (Å²) < 4.78 is 21.3. The summed E-state index contributed by atoms with van der Waals surface area (Å²) in [6, 6.07) is 0. The number of carbonyl (C=O) groups excluding carboxylic acids is 1. The van der Waals surface area contributed by atoms with E-state index in [9.17, 15) is 18.8 Å². The van der Waals surface area contributed by atoms with Gasteiger partial charge in [0.1, 0.15) is 6.29 Å². The van der Waals surface area contributed by atoms with Crippen molar-refractivity contribution in [3.05, 3.63) is 32.6 Å². The molecular formula is C17H25FN2O4. The third-order valence-electron chi connectivity index (χ3n) is 4.66. The van der Waals surface area contributed by atoms with Crippen molar-refractivity contribution in [3.8, 4) is 0 Å². The first-order chi connectivity index (χ1) is 11.5. The van der Waals surface area contributed by atoms with Crippen molar-refractivity contribution >= 4 is 6.29 Å². The molecule has 7 heteroatoms. The van der Waals surface area contributed by atoms with Gasteiger partial charge in [0.05, 0.1) is 6.10 Å². The van der Waals surface area contributed by atoms with Gasteiger partial charge in [-0.15, -0.1) is 0 Å².